The number of hydrazine groups is 1. The largest absolute Gasteiger partial charge is 0.348 e. The first kappa shape index (κ1) is 12.4. The van der Waals surface area contributed by atoms with Crippen LogP contribution in [-0.2, 0) is 0 Å². The fraction of sp³-hybridized carbons (Fsp3) is 0.143. The number of hydrazone groups is 1. The summed E-state index contributed by atoms with van der Waals surface area (Å²) in [4.78, 5) is 25.8. The molecule has 0 fully saturated rings. The van der Waals surface area contributed by atoms with Crippen molar-refractivity contribution in [2.45, 2.75) is 0 Å². The number of para-hydroxylation sites is 2. The molecule has 2 amide bonds. The average molecular weight is 293 g/mol. The molecule has 0 spiro atoms. The molecule has 0 unspecified atom stereocenters. The van der Waals surface area contributed by atoms with E-state index >= 15 is 0 Å². The van der Waals surface area contributed by atoms with Gasteiger partial charge >= 0.3 is 6.03 Å². The van der Waals surface area contributed by atoms with Crippen LogP contribution in [-0.4, -0.2) is 50.7 Å². The molecule has 1 aromatic heterocycles. The van der Waals surface area contributed by atoms with Gasteiger partial charge in [-0.05, 0) is 12.1 Å². The summed E-state index contributed by atoms with van der Waals surface area (Å²) >= 11 is 0. The molecule has 0 bridgehead atoms. The molecule has 108 valence electrons. The summed E-state index contributed by atoms with van der Waals surface area (Å²) in [6.45, 7) is 0.332. The van der Waals surface area contributed by atoms with Crippen molar-refractivity contribution in [3.05, 3.63) is 30.1 Å². The number of urea groups is 1. The number of amidine groups is 1. The second kappa shape index (κ2) is 4.60. The molecule has 2 aliphatic rings. The van der Waals surface area contributed by atoms with Crippen LogP contribution in [0.4, 0.5) is 4.79 Å². The minimum Gasteiger partial charge on any atom is -0.337 e. The van der Waals surface area contributed by atoms with Gasteiger partial charge in [-0.1, -0.05) is 18.1 Å². The molecule has 8 heteroatoms. The lowest BCUT2D eigenvalue weighted by Gasteiger charge is -2.29. The number of hydrogen-bond acceptors (Lipinski definition) is 5. The monoisotopic (exact) mass is 293 g/mol. The van der Waals surface area contributed by atoms with Crippen LogP contribution in [0.1, 0.15) is 5.82 Å². The van der Waals surface area contributed by atoms with E-state index in [0.29, 0.717) is 17.4 Å². The topological polar surface area (TPSA) is 89.0 Å². The van der Waals surface area contributed by atoms with Crippen LogP contribution in [0.5, 0.6) is 0 Å². The molecule has 0 saturated carbocycles. The average Bonchev–Trinajstić information content (AvgIpc) is 3.13. The van der Waals surface area contributed by atoms with Gasteiger partial charge in [-0.3, -0.25) is 9.89 Å². The summed E-state index contributed by atoms with van der Waals surface area (Å²) in [5.41, 5.74) is 4.94. The quantitative estimate of drug-likeness (QED) is 0.791. The van der Waals surface area contributed by atoms with Gasteiger partial charge in [0.1, 0.15) is 18.9 Å². The van der Waals surface area contributed by atoms with Crippen molar-refractivity contribution >= 4 is 28.6 Å². The molecule has 8 nitrogen and oxygen atoms in total. The number of aromatic amines is 1. The van der Waals surface area contributed by atoms with Crippen LogP contribution < -0.4 is 5.53 Å². The molecular formula is C14H11N7O. The van der Waals surface area contributed by atoms with E-state index in [-0.39, 0.29) is 19.2 Å². The number of amides is 2. The maximum Gasteiger partial charge on any atom is 0.348 e. The molecule has 0 aliphatic carbocycles. The highest BCUT2D eigenvalue weighted by atomic mass is 16.2. The van der Waals surface area contributed by atoms with Crippen LogP contribution in [0.25, 0.3) is 11.0 Å². The normalized spacial score (nSPS) is 17.0. The lowest BCUT2D eigenvalue weighted by molar-refractivity contribution is 0.151. The molecule has 2 aliphatic heterocycles. The standard InChI is InChI=1S/C14H11N7O/c1-2-7-21-14(22)20-8-15-11(13(20)18-19-21)12-16-9-5-3-4-6-10(9)17-12/h1,3-6,19H,7-8H2,(H,16,17). The van der Waals surface area contributed by atoms with Crippen molar-refractivity contribution in [3.63, 3.8) is 0 Å². The number of hydrogen-bond donors (Lipinski definition) is 2. The molecule has 2 aromatic rings. The van der Waals surface area contributed by atoms with E-state index in [1.807, 2.05) is 24.3 Å². The Morgan fingerprint density at radius 2 is 2.23 bits per heavy atom. The van der Waals surface area contributed by atoms with Gasteiger partial charge < -0.3 is 4.98 Å². The van der Waals surface area contributed by atoms with Gasteiger partial charge in [0, 0.05) is 0 Å². The Kier molecular flexibility index (Phi) is 2.59. The van der Waals surface area contributed by atoms with Gasteiger partial charge in [-0.2, -0.15) is 0 Å². The van der Waals surface area contributed by atoms with E-state index in [9.17, 15) is 4.79 Å². The molecule has 0 atom stereocenters. The molecule has 1 aromatic carbocycles. The van der Waals surface area contributed by atoms with Gasteiger partial charge in [-0.15, -0.1) is 11.5 Å². The number of benzene rings is 1. The van der Waals surface area contributed by atoms with Gasteiger partial charge in [0.25, 0.3) is 0 Å². The number of carbonyl (C=O) groups is 1. The van der Waals surface area contributed by atoms with Crippen molar-refractivity contribution in [1.29, 1.82) is 0 Å². The first-order valence-electron chi connectivity index (χ1n) is 6.63. The SMILES string of the molecule is C#CCN1NN=C2C(c3nc4ccccc4[nH]3)=NCN2C1=O. The van der Waals surface area contributed by atoms with Crippen LogP contribution in [0, 0.1) is 12.3 Å². The molecule has 0 radical (unpaired) electrons. The highest BCUT2D eigenvalue weighted by Crippen LogP contribution is 2.17. The van der Waals surface area contributed by atoms with E-state index in [0.717, 1.165) is 11.0 Å². The third kappa shape index (κ3) is 1.73. The Balaban J connectivity index is 1.70. The summed E-state index contributed by atoms with van der Waals surface area (Å²) in [7, 11) is 0. The molecule has 22 heavy (non-hydrogen) atoms. The smallest absolute Gasteiger partial charge is 0.337 e. The van der Waals surface area contributed by atoms with Crippen molar-refractivity contribution < 1.29 is 4.79 Å². The van der Waals surface area contributed by atoms with Crippen LogP contribution in [0.3, 0.4) is 0 Å². The molecule has 3 heterocycles. The summed E-state index contributed by atoms with van der Waals surface area (Å²) in [5, 5.41) is 5.43. The number of imidazole rings is 1. The minimum atomic E-state index is -0.280. The lowest BCUT2D eigenvalue weighted by atomic mass is 10.3. The van der Waals surface area contributed by atoms with Crippen LogP contribution >= 0.6 is 0 Å². The summed E-state index contributed by atoms with van der Waals surface area (Å²) in [5.74, 6) is 3.43. The predicted molar refractivity (Wildman–Crippen MR) is 80.8 cm³/mol. The van der Waals surface area contributed by atoms with Crippen LogP contribution in [0.2, 0.25) is 0 Å². The molecule has 0 saturated heterocycles. The van der Waals surface area contributed by atoms with E-state index in [1.165, 1.54) is 9.91 Å². The number of nitrogens with zero attached hydrogens (tertiary/aromatic N) is 5. The molecule has 2 N–H and O–H groups in total. The maximum atomic E-state index is 12.3. The number of fused-ring (bicyclic) bond motifs is 2. The van der Waals surface area contributed by atoms with Crippen LogP contribution in [0.15, 0.2) is 34.4 Å². The zero-order valence-corrected chi connectivity index (χ0v) is 11.4. The number of rotatable bonds is 2. The van der Waals surface area contributed by atoms with E-state index < -0.39 is 0 Å². The van der Waals surface area contributed by atoms with E-state index in [2.05, 4.69) is 31.5 Å². The zero-order chi connectivity index (χ0) is 15.1. The highest BCUT2D eigenvalue weighted by molar-refractivity contribution is 6.49. The van der Waals surface area contributed by atoms with E-state index in [1.54, 1.807) is 0 Å². The molecular weight excluding hydrogens is 282 g/mol. The zero-order valence-electron chi connectivity index (χ0n) is 11.4. The van der Waals surface area contributed by atoms with E-state index in [4.69, 9.17) is 6.42 Å². The number of nitrogens with one attached hydrogen (secondary N) is 2. The number of aromatic nitrogens is 2. The third-order valence-electron chi connectivity index (χ3n) is 3.44. The number of aliphatic imine (C=N–C) groups is 1. The fourth-order valence-corrected chi connectivity index (χ4v) is 2.41. The highest BCUT2D eigenvalue weighted by Gasteiger charge is 2.37. The summed E-state index contributed by atoms with van der Waals surface area (Å²) in [6, 6.07) is 7.39. The second-order valence-corrected chi connectivity index (χ2v) is 4.79. The van der Waals surface area contributed by atoms with Crippen molar-refractivity contribution in [2.75, 3.05) is 13.2 Å². The van der Waals surface area contributed by atoms with Crippen molar-refractivity contribution in [2.24, 2.45) is 10.1 Å². The van der Waals surface area contributed by atoms with Gasteiger partial charge in [0.05, 0.1) is 11.0 Å². The minimum absolute atomic E-state index is 0.131. The fourth-order valence-electron chi connectivity index (χ4n) is 2.41. The van der Waals surface area contributed by atoms with Crippen molar-refractivity contribution in [3.8, 4) is 12.3 Å². The van der Waals surface area contributed by atoms with Gasteiger partial charge in [0.2, 0.25) is 0 Å². The second-order valence-electron chi connectivity index (χ2n) is 4.79. The summed E-state index contributed by atoms with van der Waals surface area (Å²) < 4.78 is 0. The Morgan fingerprint density at radius 1 is 1.36 bits per heavy atom. The Labute approximate surface area is 125 Å². The first-order chi connectivity index (χ1) is 10.8. The Morgan fingerprint density at radius 3 is 3.05 bits per heavy atom. The lowest BCUT2D eigenvalue weighted by Crippen LogP contribution is -2.55. The number of carbonyl (C=O) groups excluding carboxylic acids is 1. The Bertz CT molecular complexity index is 840. The van der Waals surface area contributed by atoms with Gasteiger partial charge in [-0.25, -0.2) is 20.3 Å². The molecule has 4 rings (SSSR count). The maximum absolute atomic E-state index is 12.3. The van der Waals surface area contributed by atoms with Crippen molar-refractivity contribution in [1.82, 2.24) is 25.4 Å². The Hall–Kier alpha value is -3.34. The third-order valence-corrected chi connectivity index (χ3v) is 3.44. The summed E-state index contributed by atoms with van der Waals surface area (Å²) in [6.07, 6.45) is 5.23. The van der Waals surface area contributed by atoms with Gasteiger partial charge in [0.15, 0.2) is 11.7 Å². The first-order valence-corrected chi connectivity index (χ1v) is 6.63. The number of terminal acetylenes is 1. The predicted octanol–water partition coefficient (Wildman–Crippen LogP) is 0.512. The number of H-pyrrole nitrogens is 1.